The molecule has 0 bridgehead atoms. The summed E-state index contributed by atoms with van der Waals surface area (Å²) in [6.07, 6.45) is 0. The van der Waals surface area contributed by atoms with Crippen LogP contribution in [0.3, 0.4) is 0 Å². The molecule has 1 amide bonds. The molecule has 0 unspecified atom stereocenters. The van der Waals surface area contributed by atoms with Gasteiger partial charge in [0, 0.05) is 11.4 Å². The molecule has 0 saturated heterocycles. The van der Waals surface area contributed by atoms with Crippen LogP contribution in [0.1, 0.15) is 5.56 Å². The lowest BCUT2D eigenvalue weighted by Gasteiger charge is -2.06. The summed E-state index contributed by atoms with van der Waals surface area (Å²) in [6.45, 7) is 0.405. The second-order valence-electron chi connectivity index (χ2n) is 4.37. The summed E-state index contributed by atoms with van der Waals surface area (Å²) in [5.41, 5.74) is 0.874. The quantitative estimate of drug-likeness (QED) is 0.833. The topological polar surface area (TPSA) is 38.3 Å². The van der Waals surface area contributed by atoms with Gasteiger partial charge in [0.25, 0.3) is 0 Å². The zero-order chi connectivity index (χ0) is 15.1. The van der Waals surface area contributed by atoms with Crippen molar-refractivity contribution < 1.29 is 13.9 Å². The van der Waals surface area contributed by atoms with Gasteiger partial charge in [-0.3, -0.25) is 4.79 Å². The van der Waals surface area contributed by atoms with Gasteiger partial charge in [-0.15, -0.1) is 11.8 Å². The molecule has 0 saturated carbocycles. The number of amides is 1. The summed E-state index contributed by atoms with van der Waals surface area (Å²) in [5, 5.41) is 2.80. The fraction of sp³-hybridized carbons (Fsp3) is 0.188. The Labute approximate surface area is 127 Å². The first-order valence-corrected chi connectivity index (χ1v) is 7.44. The summed E-state index contributed by atoms with van der Waals surface area (Å²) in [5.74, 6) is 0.799. The molecular formula is C16H16FNO2S. The third-order valence-electron chi connectivity index (χ3n) is 2.83. The molecule has 5 heteroatoms. The zero-order valence-electron chi connectivity index (χ0n) is 11.6. The smallest absolute Gasteiger partial charge is 0.230 e. The van der Waals surface area contributed by atoms with E-state index < -0.39 is 0 Å². The van der Waals surface area contributed by atoms with Crippen LogP contribution in [-0.2, 0) is 11.3 Å². The van der Waals surface area contributed by atoms with E-state index in [2.05, 4.69) is 5.32 Å². The number of thioether (sulfide) groups is 1. The lowest BCUT2D eigenvalue weighted by molar-refractivity contribution is -0.118. The Bertz CT molecular complexity index is 584. The predicted molar refractivity (Wildman–Crippen MR) is 82.0 cm³/mol. The van der Waals surface area contributed by atoms with E-state index in [0.29, 0.717) is 12.3 Å². The van der Waals surface area contributed by atoms with Crippen LogP contribution in [0.5, 0.6) is 5.75 Å². The first kappa shape index (κ1) is 15.4. The summed E-state index contributed by atoms with van der Waals surface area (Å²) < 4.78 is 17.8. The van der Waals surface area contributed by atoms with E-state index in [1.54, 1.807) is 19.2 Å². The molecular weight excluding hydrogens is 289 g/mol. The van der Waals surface area contributed by atoms with E-state index in [1.807, 2.05) is 24.3 Å². The number of nitrogens with one attached hydrogen (secondary N) is 1. The average molecular weight is 305 g/mol. The van der Waals surface area contributed by atoms with Gasteiger partial charge in [-0.2, -0.15) is 0 Å². The first-order valence-electron chi connectivity index (χ1n) is 6.45. The third-order valence-corrected chi connectivity index (χ3v) is 3.84. The normalized spacial score (nSPS) is 10.2. The highest BCUT2D eigenvalue weighted by atomic mass is 32.2. The van der Waals surface area contributed by atoms with Crippen LogP contribution in [0, 0.1) is 5.82 Å². The summed E-state index contributed by atoms with van der Waals surface area (Å²) in [7, 11) is 1.62. The predicted octanol–water partition coefficient (Wildman–Crippen LogP) is 3.24. The maximum absolute atomic E-state index is 12.7. The molecule has 21 heavy (non-hydrogen) atoms. The van der Waals surface area contributed by atoms with Gasteiger partial charge >= 0.3 is 0 Å². The van der Waals surface area contributed by atoms with Crippen molar-refractivity contribution >= 4 is 17.7 Å². The van der Waals surface area contributed by atoms with Gasteiger partial charge in [-0.05, 0) is 42.0 Å². The van der Waals surface area contributed by atoms with Crippen molar-refractivity contribution in [1.29, 1.82) is 0 Å². The average Bonchev–Trinajstić information content (AvgIpc) is 2.53. The highest BCUT2D eigenvalue weighted by molar-refractivity contribution is 8.00. The minimum atomic E-state index is -0.278. The van der Waals surface area contributed by atoms with Crippen LogP contribution in [0.4, 0.5) is 4.39 Å². The molecule has 0 spiro atoms. The number of hydrogen-bond donors (Lipinski definition) is 1. The van der Waals surface area contributed by atoms with Crippen molar-refractivity contribution in [2.75, 3.05) is 12.9 Å². The monoisotopic (exact) mass is 305 g/mol. The molecule has 110 valence electrons. The SMILES string of the molecule is COc1ccc(SCC(=O)NCc2ccc(F)cc2)cc1. The van der Waals surface area contributed by atoms with Crippen molar-refractivity contribution in [2.45, 2.75) is 11.4 Å². The van der Waals surface area contributed by atoms with E-state index in [1.165, 1.54) is 23.9 Å². The largest absolute Gasteiger partial charge is 0.497 e. The molecule has 0 fully saturated rings. The Morgan fingerprint density at radius 3 is 2.43 bits per heavy atom. The van der Waals surface area contributed by atoms with Crippen molar-refractivity contribution in [3.05, 3.63) is 59.9 Å². The van der Waals surface area contributed by atoms with E-state index in [9.17, 15) is 9.18 Å². The molecule has 0 heterocycles. The molecule has 3 nitrogen and oxygen atoms in total. The molecule has 1 N–H and O–H groups in total. The van der Waals surface area contributed by atoms with Crippen LogP contribution in [0.25, 0.3) is 0 Å². The summed E-state index contributed by atoms with van der Waals surface area (Å²) in [4.78, 5) is 12.8. The Morgan fingerprint density at radius 1 is 1.14 bits per heavy atom. The number of halogens is 1. The molecule has 2 aromatic carbocycles. The van der Waals surface area contributed by atoms with Crippen molar-refractivity contribution in [3.8, 4) is 5.75 Å². The van der Waals surface area contributed by atoms with Gasteiger partial charge in [0.05, 0.1) is 12.9 Å². The van der Waals surface area contributed by atoms with Gasteiger partial charge in [-0.25, -0.2) is 4.39 Å². The van der Waals surface area contributed by atoms with E-state index >= 15 is 0 Å². The number of hydrogen-bond acceptors (Lipinski definition) is 3. The van der Waals surface area contributed by atoms with E-state index in [0.717, 1.165) is 16.2 Å². The van der Waals surface area contributed by atoms with E-state index in [-0.39, 0.29) is 11.7 Å². The third kappa shape index (κ3) is 5.11. The Hall–Kier alpha value is -2.01. The van der Waals surface area contributed by atoms with Gasteiger partial charge in [0.15, 0.2) is 0 Å². The molecule has 0 aliphatic rings. The fourth-order valence-corrected chi connectivity index (χ4v) is 2.40. The second kappa shape index (κ2) is 7.69. The Balaban J connectivity index is 1.75. The van der Waals surface area contributed by atoms with Crippen LogP contribution >= 0.6 is 11.8 Å². The van der Waals surface area contributed by atoms with Crippen LogP contribution in [0.2, 0.25) is 0 Å². The number of methoxy groups -OCH3 is 1. The highest BCUT2D eigenvalue weighted by Gasteiger charge is 2.03. The van der Waals surface area contributed by atoms with Crippen molar-refractivity contribution in [2.24, 2.45) is 0 Å². The molecule has 2 rings (SSSR count). The number of benzene rings is 2. The van der Waals surface area contributed by atoms with E-state index in [4.69, 9.17) is 4.74 Å². The summed E-state index contributed by atoms with van der Waals surface area (Å²) >= 11 is 1.46. The highest BCUT2D eigenvalue weighted by Crippen LogP contribution is 2.20. The number of rotatable bonds is 6. The van der Waals surface area contributed by atoms with Crippen LogP contribution < -0.4 is 10.1 Å². The number of ether oxygens (including phenoxy) is 1. The number of carbonyl (C=O) groups excluding carboxylic acids is 1. The maximum Gasteiger partial charge on any atom is 0.230 e. The zero-order valence-corrected chi connectivity index (χ0v) is 12.5. The fourth-order valence-electron chi connectivity index (χ4n) is 1.67. The molecule has 0 atom stereocenters. The van der Waals surface area contributed by atoms with Gasteiger partial charge < -0.3 is 10.1 Å². The minimum Gasteiger partial charge on any atom is -0.497 e. The standard InChI is InChI=1S/C16H16FNO2S/c1-20-14-6-8-15(9-7-14)21-11-16(19)18-10-12-2-4-13(17)5-3-12/h2-9H,10-11H2,1H3,(H,18,19). The van der Waals surface area contributed by atoms with Gasteiger partial charge in [0.2, 0.25) is 5.91 Å². The van der Waals surface area contributed by atoms with Crippen LogP contribution in [-0.4, -0.2) is 18.8 Å². The number of carbonyl (C=O) groups is 1. The molecule has 0 radical (unpaired) electrons. The maximum atomic E-state index is 12.7. The van der Waals surface area contributed by atoms with Crippen LogP contribution in [0.15, 0.2) is 53.4 Å². The van der Waals surface area contributed by atoms with Crippen molar-refractivity contribution in [1.82, 2.24) is 5.32 Å². The lowest BCUT2D eigenvalue weighted by Crippen LogP contribution is -2.24. The van der Waals surface area contributed by atoms with Gasteiger partial charge in [-0.1, -0.05) is 12.1 Å². The Kier molecular flexibility index (Phi) is 5.63. The first-order chi connectivity index (χ1) is 10.2. The Morgan fingerprint density at radius 2 is 1.81 bits per heavy atom. The molecule has 2 aromatic rings. The second-order valence-corrected chi connectivity index (χ2v) is 5.42. The van der Waals surface area contributed by atoms with Gasteiger partial charge in [0.1, 0.15) is 11.6 Å². The lowest BCUT2D eigenvalue weighted by atomic mass is 10.2. The molecule has 0 aliphatic heterocycles. The minimum absolute atomic E-state index is 0.0554. The molecule has 0 aromatic heterocycles. The summed E-state index contributed by atoms with van der Waals surface area (Å²) in [6, 6.07) is 13.6. The molecule has 0 aliphatic carbocycles. The van der Waals surface area contributed by atoms with Crippen molar-refractivity contribution in [3.63, 3.8) is 0 Å².